The SMILES string of the molecule is CN=C(NCCc1ccc(OC)cc1)NCc1ccc(N(C)C)cc1. The van der Waals surface area contributed by atoms with Crippen molar-refractivity contribution in [3.63, 3.8) is 0 Å². The lowest BCUT2D eigenvalue weighted by atomic mass is 10.1. The molecule has 0 saturated heterocycles. The third kappa shape index (κ3) is 6.03. The van der Waals surface area contributed by atoms with Gasteiger partial charge >= 0.3 is 0 Å². The van der Waals surface area contributed by atoms with Crippen LogP contribution in [0.3, 0.4) is 0 Å². The Bertz CT molecular complexity index is 663. The van der Waals surface area contributed by atoms with E-state index in [1.165, 1.54) is 16.8 Å². The van der Waals surface area contributed by atoms with Crippen molar-refractivity contribution in [2.45, 2.75) is 13.0 Å². The summed E-state index contributed by atoms with van der Waals surface area (Å²) < 4.78 is 5.18. The molecule has 0 atom stereocenters. The Hall–Kier alpha value is -2.69. The first-order valence-corrected chi connectivity index (χ1v) is 8.46. The van der Waals surface area contributed by atoms with Gasteiger partial charge in [0.1, 0.15) is 5.75 Å². The van der Waals surface area contributed by atoms with Crippen molar-refractivity contribution < 1.29 is 4.74 Å². The van der Waals surface area contributed by atoms with Gasteiger partial charge in [0.2, 0.25) is 0 Å². The monoisotopic (exact) mass is 340 g/mol. The van der Waals surface area contributed by atoms with E-state index < -0.39 is 0 Å². The summed E-state index contributed by atoms with van der Waals surface area (Å²) >= 11 is 0. The summed E-state index contributed by atoms with van der Waals surface area (Å²) in [4.78, 5) is 6.37. The quantitative estimate of drug-likeness (QED) is 0.601. The van der Waals surface area contributed by atoms with Crippen molar-refractivity contribution in [3.8, 4) is 5.75 Å². The first kappa shape index (κ1) is 18.6. The molecule has 2 aromatic carbocycles. The normalized spacial score (nSPS) is 11.1. The fraction of sp³-hybridized carbons (Fsp3) is 0.350. The Morgan fingerprint density at radius 2 is 1.60 bits per heavy atom. The molecule has 25 heavy (non-hydrogen) atoms. The second-order valence-electron chi connectivity index (χ2n) is 6.01. The number of guanidine groups is 1. The molecule has 0 amide bonds. The molecular weight excluding hydrogens is 312 g/mol. The van der Waals surface area contributed by atoms with Crippen molar-refractivity contribution in [3.05, 3.63) is 59.7 Å². The third-order valence-corrected chi connectivity index (χ3v) is 4.00. The van der Waals surface area contributed by atoms with Gasteiger partial charge in [0.25, 0.3) is 0 Å². The fourth-order valence-corrected chi connectivity index (χ4v) is 2.44. The smallest absolute Gasteiger partial charge is 0.191 e. The Morgan fingerprint density at radius 3 is 2.16 bits per heavy atom. The zero-order valence-corrected chi connectivity index (χ0v) is 15.5. The Labute approximate surface area is 150 Å². The van der Waals surface area contributed by atoms with Crippen LogP contribution in [-0.4, -0.2) is 40.8 Å². The molecule has 2 rings (SSSR count). The number of anilines is 1. The summed E-state index contributed by atoms with van der Waals surface area (Å²) in [5.41, 5.74) is 3.69. The van der Waals surface area contributed by atoms with Crippen molar-refractivity contribution in [1.29, 1.82) is 0 Å². The van der Waals surface area contributed by atoms with Gasteiger partial charge in [-0.3, -0.25) is 4.99 Å². The number of ether oxygens (including phenoxy) is 1. The van der Waals surface area contributed by atoms with Gasteiger partial charge in [-0.05, 0) is 41.8 Å². The van der Waals surface area contributed by atoms with E-state index in [1.54, 1.807) is 14.2 Å². The van der Waals surface area contributed by atoms with Crippen LogP contribution in [0.4, 0.5) is 5.69 Å². The number of hydrogen-bond donors (Lipinski definition) is 2. The van der Waals surface area contributed by atoms with E-state index in [0.717, 1.165) is 31.2 Å². The van der Waals surface area contributed by atoms with E-state index in [4.69, 9.17) is 4.74 Å². The molecule has 5 heteroatoms. The maximum absolute atomic E-state index is 5.18. The molecule has 5 nitrogen and oxygen atoms in total. The van der Waals surface area contributed by atoms with Gasteiger partial charge in [-0.25, -0.2) is 0 Å². The zero-order chi connectivity index (χ0) is 18.1. The van der Waals surface area contributed by atoms with Crippen LogP contribution in [0.15, 0.2) is 53.5 Å². The molecule has 0 aliphatic carbocycles. The highest BCUT2D eigenvalue weighted by atomic mass is 16.5. The molecule has 0 saturated carbocycles. The highest BCUT2D eigenvalue weighted by molar-refractivity contribution is 5.79. The van der Waals surface area contributed by atoms with Crippen molar-refractivity contribution >= 4 is 11.6 Å². The summed E-state index contributed by atoms with van der Waals surface area (Å²) in [5, 5.41) is 6.69. The topological polar surface area (TPSA) is 48.9 Å². The molecule has 0 aliphatic heterocycles. The standard InChI is InChI=1S/C20H28N4O/c1-21-20(22-14-13-16-7-11-19(25-4)12-8-16)23-15-17-5-9-18(10-6-17)24(2)3/h5-12H,13-15H2,1-4H3,(H2,21,22,23). The van der Waals surface area contributed by atoms with Gasteiger partial charge in [0, 0.05) is 39.9 Å². The van der Waals surface area contributed by atoms with Crippen molar-refractivity contribution in [2.75, 3.05) is 39.7 Å². The Balaban J connectivity index is 1.76. The highest BCUT2D eigenvalue weighted by Gasteiger charge is 2.00. The van der Waals surface area contributed by atoms with Gasteiger partial charge in [-0.2, -0.15) is 0 Å². The minimum Gasteiger partial charge on any atom is -0.497 e. The van der Waals surface area contributed by atoms with Crippen LogP contribution in [0.5, 0.6) is 5.75 Å². The van der Waals surface area contributed by atoms with Crippen molar-refractivity contribution in [2.24, 2.45) is 4.99 Å². The number of rotatable bonds is 7. The van der Waals surface area contributed by atoms with E-state index in [0.29, 0.717) is 0 Å². The van der Waals surface area contributed by atoms with Crippen LogP contribution in [-0.2, 0) is 13.0 Å². The van der Waals surface area contributed by atoms with Gasteiger partial charge in [-0.1, -0.05) is 24.3 Å². The van der Waals surface area contributed by atoms with Gasteiger partial charge in [0.05, 0.1) is 7.11 Å². The summed E-state index contributed by atoms with van der Waals surface area (Å²) in [6.07, 6.45) is 0.933. The lowest BCUT2D eigenvalue weighted by Crippen LogP contribution is -2.37. The Kier molecular flexibility index (Phi) is 7.14. The summed E-state index contributed by atoms with van der Waals surface area (Å²) in [6, 6.07) is 16.7. The van der Waals surface area contributed by atoms with Gasteiger partial charge in [0.15, 0.2) is 5.96 Å². The largest absolute Gasteiger partial charge is 0.497 e. The first-order valence-electron chi connectivity index (χ1n) is 8.46. The number of hydrogen-bond acceptors (Lipinski definition) is 3. The second-order valence-corrected chi connectivity index (χ2v) is 6.01. The third-order valence-electron chi connectivity index (χ3n) is 4.00. The molecule has 0 spiro atoms. The minimum absolute atomic E-state index is 0.746. The molecule has 0 fully saturated rings. The lowest BCUT2D eigenvalue weighted by molar-refractivity contribution is 0.414. The van der Waals surface area contributed by atoms with E-state index >= 15 is 0 Å². The molecule has 2 aromatic rings. The number of methoxy groups -OCH3 is 1. The number of nitrogens with zero attached hydrogens (tertiary/aromatic N) is 2. The van der Waals surface area contributed by atoms with E-state index in [1.807, 2.05) is 26.2 Å². The maximum atomic E-state index is 5.18. The average molecular weight is 340 g/mol. The predicted molar refractivity (Wildman–Crippen MR) is 106 cm³/mol. The van der Waals surface area contributed by atoms with E-state index in [9.17, 15) is 0 Å². The van der Waals surface area contributed by atoms with Crippen LogP contribution in [0.2, 0.25) is 0 Å². The van der Waals surface area contributed by atoms with E-state index in [-0.39, 0.29) is 0 Å². The average Bonchev–Trinajstić information content (AvgIpc) is 2.65. The number of nitrogens with one attached hydrogen (secondary N) is 2. The van der Waals surface area contributed by atoms with E-state index in [2.05, 4.69) is 56.9 Å². The molecule has 2 N–H and O–H groups in total. The van der Waals surface area contributed by atoms with Crippen LogP contribution in [0.25, 0.3) is 0 Å². The Morgan fingerprint density at radius 1 is 0.960 bits per heavy atom. The van der Waals surface area contributed by atoms with Crippen molar-refractivity contribution in [1.82, 2.24) is 10.6 Å². The second kappa shape index (κ2) is 9.57. The summed E-state index contributed by atoms with van der Waals surface area (Å²) in [7, 11) is 7.56. The van der Waals surface area contributed by atoms with Crippen LogP contribution >= 0.6 is 0 Å². The molecule has 134 valence electrons. The van der Waals surface area contributed by atoms with Gasteiger partial charge in [-0.15, -0.1) is 0 Å². The molecule has 0 unspecified atom stereocenters. The number of aliphatic imine (C=N–C) groups is 1. The maximum Gasteiger partial charge on any atom is 0.191 e. The first-order chi connectivity index (χ1) is 12.1. The van der Waals surface area contributed by atoms with Crippen LogP contribution < -0.4 is 20.3 Å². The fourth-order valence-electron chi connectivity index (χ4n) is 2.44. The molecule has 0 aromatic heterocycles. The lowest BCUT2D eigenvalue weighted by Gasteiger charge is -2.14. The zero-order valence-electron chi connectivity index (χ0n) is 15.5. The van der Waals surface area contributed by atoms with Gasteiger partial charge < -0.3 is 20.3 Å². The summed E-state index contributed by atoms with van der Waals surface area (Å²) in [5.74, 6) is 1.69. The molecule has 0 heterocycles. The molecule has 0 aliphatic rings. The minimum atomic E-state index is 0.746. The molecule has 0 bridgehead atoms. The molecular formula is C20H28N4O. The molecule has 0 radical (unpaired) electrons. The van der Waals surface area contributed by atoms with Crippen LogP contribution in [0, 0.1) is 0 Å². The number of benzene rings is 2. The summed E-state index contributed by atoms with van der Waals surface area (Å²) in [6.45, 7) is 1.57. The van der Waals surface area contributed by atoms with Crippen LogP contribution in [0.1, 0.15) is 11.1 Å². The highest BCUT2D eigenvalue weighted by Crippen LogP contribution is 2.12. The predicted octanol–water partition coefficient (Wildman–Crippen LogP) is 2.67.